The number of aliphatic hydroxyl groups is 1. The molecule has 4 nitrogen and oxygen atoms in total. The molecule has 1 aliphatic heterocycles. The molecule has 1 aromatic rings. The Kier molecular flexibility index (Phi) is 11.1. The van der Waals surface area contributed by atoms with Crippen LogP contribution in [0.1, 0.15) is 83.1 Å². The fourth-order valence-electron chi connectivity index (χ4n) is 3.96. The highest BCUT2D eigenvalue weighted by molar-refractivity contribution is 5.42. The molecule has 0 saturated heterocycles. The molecule has 1 N–H and O–H groups in total. The Morgan fingerprint density at radius 2 is 1.62 bits per heavy atom. The van der Waals surface area contributed by atoms with Crippen molar-refractivity contribution < 1.29 is 27.8 Å². The molecule has 1 atom stereocenters. The second-order valence-electron chi connectivity index (χ2n) is 8.99. The number of nitrogens with zero attached hydrogens (tertiary/aromatic N) is 1. The second kappa shape index (κ2) is 13.3. The molecule has 7 heteroatoms. The van der Waals surface area contributed by atoms with Crippen LogP contribution in [0.3, 0.4) is 0 Å². The van der Waals surface area contributed by atoms with Crippen molar-refractivity contribution in [1.29, 1.82) is 0 Å². The van der Waals surface area contributed by atoms with E-state index in [0.29, 0.717) is 17.9 Å². The average molecular weight is 460 g/mol. The van der Waals surface area contributed by atoms with E-state index in [1.807, 2.05) is 0 Å². The van der Waals surface area contributed by atoms with E-state index in [1.54, 1.807) is 12.1 Å². The SMILES string of the molecule is CCCCCCCCCCCCN(C)CCOc1ccc2c(c1)OC(O)(C(F)(F)F)CC2. The predicted octanol–water partition coefficient (Wildman–Crippen LogP) is 6.49. The van der Waals surface area contributed by atoms with Gasteiger partial charge in [-0.05, 0) is 38.1 Å². The molecule has 0 saturated carbocycles. The van der Waals surface area contributed by atoms with Crippen LogP contribution in [0.25, 0.3) is 0 Å². The van der Waals surface area contributed by atoms with Crippen LogP contribution in [0.4, 0.5) is 13.2 Å². The Labute approximate surface area is 191 Å². The van der Waals surface area contributed by atoms with Crippen LogP contribution < -0.4 is 9.47 Å². The first-order chi connectivity index (χ1) is 15.2. The molecular formula is C25H40F3NO3. The van der Waals surface area contributed by atoms with E-state index < -0.39 is 18.4 Å². The molecule has 1 aliphatic rings. The number of hydrogen-bond acceptors (Lipinski definition) is 4. The second-order valence-corrected chi connectivity index (χ2v) is 8.99. The monoisotopic (exact) mass is 459 g/mol. The van der Waals surface area contributed by atoms with E-state index in [9.17, 15) is 18.3 Å². The third-order valence-electron chi connectivity index (χ3n) is 6.13. The van der Waals surface area contributed by atoms with Crippen LogP contribution in [-0.4, -0.2) is 48.7 Å². The van der Waals surface area contributed by atoms with Crippen LogP contribution in [0.2, 0.25) is 0 Å². The van der Waals surface area contributed by atoms with Gasteiger partial charge in [0.15, 0.2) is 0 Å². The molecule has 0 spiro atoms. The maximum Gasteiger partial charge on any atom is 0.455 e. The van der Waals surface area contributed by atoms with E-state index >= 15 is 0 Å². The van der Waals surface area contributed by atoms with Crippen molar-refractivity contribution in [3.63, 3.8) is 0 Å². The van der Waals surface area contributed by atoms with E-state index in [-0.39, 0.29) is 12.2 Å². The number of ether oxygens (including phenoxy) is 2. The van der Waals surface area contributed by atoms with Crippen molar-refractivity contribution in [3.05, 3.63) is 23.8 Å². The minimum Gasteiger partial charge on any atom is -0.492 e. The molecule has 1 unspecified atom stereocenters. The van der Waals surface area contributed by atoms with Crippen molar-refractivity contribution in [3.8, 4) is 11.5 Å². The maximum atomic E-state index is 13.0. The fourth-order valence-corrected chi connectivity index (χ4v) is 3.96. The van der Waals surface area contributed by atoms with E-state index in [2.05, 4.69) is 18.9 Å². The van der Waals surface area contributed by atoms with E-state index in [4.69, 9.17) is 9.47 Å². The summed E-state index contributed by atoms with van der Waals surface area (Å²) in [6.07, 6.45) is 7.89. The summed E-state index contributed by atoms with van der Waals surface area (Å²) in [4.78, 5) is 2.21. The lowest BCUT2D eigenvalue weighted by molar-refractivity contribution is -0.340. The molecule has 32 heavy (non-hydrogen) atoms. The number of alkyl halides is 3. The summed E-state index contributed by atoms with van der Waals surface area (Å²) >= 11 is 0. The van der Waals surface area contributed by atoms with Crippen LogP contribution in [0, 0.1) is 0 Å². The highest BCUT2D eigenvalue weighted by Crippen LogP contribution is 2.42. The largest absolute Gasteiger partial charge is 0.492 e. The summed E-state index contributed by atoms with van der Waals surface area (Å²) in [5.41, 5.74) is 0.643. The summed E-state index contributed by atoms with van der Waals surface area (Å²) < 4.78 is 49.8. The van der Waals surface area contributed by atoms with Gasteiger partial charge in [-0.15, -0.1) is 0 Å². The molecule has 184 valence electrons. The number of rotatable bonds is 15. The molecule has 0 amide bonds. The van der Waals surface area contributed by atoms with E-state index in [0.717, 1.165) is 19.5 Å². The number of hydrogen-bond donors (Lipinski definition) is 1. The molecule has 0 aliphatic carbocycles. The van der Waals surface area contributed by atoms with E-state index in [1.165, 1.54) is 63.9 Å². The van der Waals surface area contributed by atoms with Gasteiger partial charge in [0.2, 0.25) is 0 Å². The Morgan fingerprint density at radius 1 is 1.00 bits per heavy atom. The van der Waals surface area contributed by atoms with Gasteiger partial charge in [-0.1, -0.05) is 70.8 Å². The Balaban J connectivity index is 1.59. The molecule has 1 aromatic carbocycles. The van der Waals surface area contributed by atoms with Crippen LogP contribution in [0.15, 0.2) is 18.2 Å². The summed E-state index contributed by atoms with van der Waals surface area (Å²) in [5.74, 6) is -2.65. The number of halogens is 3. The minimum atomic E-state index is -4.83. The topological polar surface area (TPSA) is 41.9 Å². The number of benzene rings is 1. The van der Waals surface area contributed by atoms with Gasteiger partial charge in [0.1, 0.15) is 18.1 Å². The Hall–Kier alpha value is -1.47. The third-order valence-corrected chi connectivity index (χ3v) is 6.13. The Morgan fingerprint density at radius 3 is 2.25 bits per heavy atom. The number of aryl methyl sites for hydroxylation is 1. The van der Waals surface area contributed by atoms with Crippen molar-refractivity contribution in [2.24, 2.45) is 0 Å². The smallest absolute Gasteiger partial charge is 0.455 e. The summed E-state index contributed by atoms with van der Waals surface area (Å²) in [5, 5.41) is 9.79. The zero-order chi connectivity index (χ0) is 23.5. The van der Waals surface area contributed by atoms with Crippen molar-refractivity contribution in [2.75, 3.05) is 26.7 Å². The number of unbranched alkanes of at least 4 members (excludes halogenated alkanes) is 9. The Bertz CT molecular complexity index is 668. The summed E-state index contributed by atoms with van der Waals surface area (Å²) in [6, 6.07) is 4.88. The highest BCUT2D eigenvalue weighted by atomic mass is 19.4. The number of likely N-dealkylation sites (N-methyl/N-ethyl adjacent to an activating group) is 1. The number of fused-ring (bicyclic) bond motifs is 1. The van der Waals surface area contributed by atoms with Gasteiger partial charge in [-0.2, -0.15) is 13.2 Å². The van der Waals surface area contributed by atoms with Gasteiger partial charge in [0.25, 0.3) is 0 Å². The molecule has 0 radical (unpaired) electrons. The maximum absolute atomic E-state index is 13.0. The van der Waals surface area contributed by atoms with Crippen molar-refractivity contribution >= 4 is 0 Å². The van der Waals surface area contributed by atoms with Crippen LogP contribution >= 0.6 is 0 Å². The van der Waals surface area contributed by atoms with Crippen molar-refractivity contribution in [2.45, 2.75) is 95.9 Å². The lowest BCUT2D eigenvalue weighted by Crippen LogP contribution is -2.52. The average Bonchev–Trinajstić information content (AvgIpc) is 2.74. The fraction of sp³-hybridized carbons (Fsp3) is 0.760. The molecule has 0 aromatic heterocycles. The van der Waals surface area contributed by atoms with Crippen LogP contribution in [0.5, 0.6) is 11.5 Å². The van der Waals surface area contributed by atoms with Gasteiger partial charge < -0.3 is 19.5 Å². The van der Waals surface area contributed by atoms with Gasteiger partial charge in [-0.25, -0.2) is 0 Å². The van der Waals surface area contributed by atoms with Gasteiger partial charge in [0.05, 0.1) is 0 Å². The molecule has 0 fully saturated rings. The van der Waals surface area contributed by atoms with Gasteiger partial charge in [-0.3, -0.25) is 0 Å². The lowest BCUT2D eigenvalue weighted by Gasteiger charge is -2.35. The normalized spacial score (nSPS) is 18.5. The van der Waals surface area contributed by atoms with Gasteiger partial charge >= 0.3 is 12.0 Å². The lowest BCUT2D eigenvalue weighted by atomic mass is 9.99. The first-order valence-corrected chi connectivity index (χ1v) is 12.2. The quantitative estimate of drug-likeness (QED) is 0.304. The zero-order valence-corrected chi connectivity index (χ0v) is 19.7. The zero-order valence-electron chi connectivity index (χ0n) is 19.7. The molecular weight excluding hydrogens is 419 g/mol. The molecule has 1 heterocycles. The third kappa shape index (κ3) is 8.81. The van der Waals surface area contributed by atoms with Crippen LogP contribution in [-0.2, 0) is 6.42 Å². The highest BCUT2D eigenvalue weighted by Gasteiger charge is 2.57. The first-order valence-electron chi connectivity index (χ1n) is 12.2. The van der Waals surface area contributed by atoms with Gasteiger partial charge in [0, 0.05) is 19.0 Å². The standard InChI is InChI=1S/C25H40F3NO3/c1-3-4-5-6-7-8-9-10-11-12-17-29(2)18-19-31-22-14-13-21-15-16-24(30,25(26,27)28)32-23(21)20-22/h13-14,20,30H,3-12,15-19H2,1-2H3. The summed E-state index contributed by atoms with van der Waals surface area (Å²) in [7, 11) is 2.05. The first kappa shape index (κ1) is 26.8. The molecule has 2 rings (SSSR count). The molecule has 0 bridgehead atoms. The minimum absolute atomic E-state index is 0.0345. The predicted molar refractivity (Wildman–Crippen MR) is 121 cm³/mol. The summed E-state index contributed by atoms with van der Waals surface area (Å²) in [6.45, 7) is 4.43. The van der Waals surface area contributed by atoms with Crippen molar-refractivity contribution in [1.82, 2.24) is 4.90 Å².